The standard InChI is InChI=1S/C16H16BrFN2O3S/c1-11-9-12(17)7-8-14(11)19-16(21)10-20(2)24(22,23)15-6-4-3-5-13(15)18/h3-9H,10H2,1-2H3,(H,19,21). The van der Waals surface area contributed by atoms with Crippen molar-refractivity contribution in [1.82, 2.24) is 4.31 Å². The van der Waals surface area contributed by atoms with E-state index in [0.717, 1.165) is 26.5 Å². The molecule has 0 unspecified atom stereocenters. The van der Waals surface area contributed by atoms with Gasteiger partial charge in [-0.05, 0) is 42.8 Å². The summed E-state index contributed by atoms with van der Waals surface area (Å²) in [5.74, 6) is -1.36. The number of carbonyl (C=O) groups is 1. The number of benzene rings is 2. The molecule has 0 aliphatic rings. The molecule has 0 bridgehead atoms. The average molecular weight is 415 g/mol. The molecule has 8 heteroatoms. The van der Waals surface area contributed by atoms with E-state index < -0.39 is 33.2 Å². The molecular formula is C16H16BrFN2O3S. The molecule has 0 spiro atoms. The Kier molecular flexibility index (Phi) is 5.74. The van der Waals surface area contributed by atoms with E-state index >= 15 is 0 Å². The van der Waals surface area contributed by atoms with Gasteiger partial charge in [0.25, 0.3) is 0 Å². The molecule has 1 amide bonds. The van der Waals surface area contributed by atoms with Crippen LogP contribution in [0.1, 0.15) is 5.56 Å². The smallest absolute Gasteiger partial charge is 0.246 e. The van der Waals surface area contributed by atoms with Crippen LogP contribution >= 0.6 is 15.9 Å². The fourth-order valence-corrected chi connectivity index (χ4v) is 3.73. The zero-order chi connectivity index (χ0) is 17.9. The van der Waals surface area contributed by atoms with Crippen molar-refractivity contribution in [3.05, 3.63) is 58.3 Å². The summed E-state index contributed by atoms with van der Waals surface area (Å²) in [5, 5.41) is 2.65. The molecule has 2 rings (SSSR count). The van der Waals surface area contributed by atoms with Gasteiger partial charge in [-0.1, -0.05) is 28.1 Å². The molecule has 5 nitrogen and oxygen atoms in total. The predicted molar refractivity (Wildman–Crippen MR) is 93.7 cm³/mol. The van der Waals surface area contributed by atoms with Crippen molar-refractivity contribution in [2.24, 2.45) is 0 Å². The highest BCUT2D eigenvalue weighted by Crippen LogP contribution is 2.21. The third-order valence-corrected chi connectivity index (χ3v) is 5.68. The van der Waals surface area contributed by atoms with Crippen molar-refractivity contribution in [2.75, 3.05) is 18.9 Å². The number of hydrogen-bond donors (Lipinski definition) is 1. The fraction of sp³-hybridized carbons (Fsp3) is 0.188. The number of aryl methyl sites for hydroxylation is 1. The second kappa shape index (κ2) is 7.42. The van der Waals surface area contributed by atoms with E-state index in [1.165, 1.54) is 19.2 Å². The number of rotatable bonds is 5. The zero-order valence-electron chi connectivity index (χ0n) is 13.1. The number of amides is 1. The first-order chi connectivity index (χ1) is 11.2. The van der Waals surface area contributed by atoms with Crippen molar-refractivity contribution < 1.29 is 17.6 Å². The van der Waals surface area contributed by atoms with Gasteiger partial charge in [-0.2, -0.15) is 4.31 Å². The van der Waals surface area contributed by atoms with E-state index in [-0.39, 0.29) is 0 Å². The minimum Gasteiger partial charge on any atom is -0.325 e. The molecule has 0 saturated carbocycles. The Morgan fingerprint density at radius 1 is 1.25 bits per heavy atom. The van der Waals surface area contributed by atoms with E-state index in [0.29, 0.717) is 5.69 Å². The second-order valence-electron chi connectivity index (χ2n) is 5.20. The molecule has 0 heterocycles. The molecule has 24 heavy (non-hydrogen) atoms. The number of halogens is 2. The summed E-state index contributed by atoms with van der Waals surface area (Å²) in [4.78, 5) is 11.6. The predicted octanol–water partition coefficient (Wildman–Crippen LogP) is 3.16. The number of hydrogen-bond acceptors (Lipinski definition) is 3. The molecule has 1 N–H and O–H groups in total. The van der Waals surface area contributed by atoms with Crippen molar-refractivity contribution in [3.8, 4) is 0 Å². The largest absolute Gasteiger partial charge is 0.325 e. The van der Waals surface area contributed by atoms with Crippen LogP contribution in [-0.4, -0.2) is 32.2 Å². The average Bonchev–Trinajstić information content (AvgIpc) is 2.50. The summed E-state index contributed by atoms with van der Waals surface area (Å²) < 4.78 is 40.1. The lowest BCUT2D eigenvalue weighted by molar-refractivity contribution is -0.116. The minimum absolute atomic E-state index is 0.424. The molecule has 0 atom stereocenters. The SMILES string of the molecule is Cc1cc(Br)ccc1NC(=O)CN(C)S(=O)(=O)c1ccccc1F. The summed E-state index contributed by atoms with van der Waals surface area (Å²) in [6.45, 7) is 1.40. The van der Waals surface area contributed by atoms with Crippen LogP contribution in [0.2, 0.25) is 0 Å². The Morgan fingerprint density at radius 3 is 2.54 bits per heavy atom. The van der Waals surface area contributed by atoms with Crippen LogP contribution in [0.25, 0.3) is 0 Å². The zero-order valence-corrected chi connectivity index (χ0v) is 15.5. The first-order valence-corrected chi connectivity index (χ1v) is 9.22. The third-order valence-electron chi connectivity index (χ3n) is 3.35. The highest BCUT2D eigenvalue weighted by Gasteiger charge is 2.25. The van der Waals surface area contributed by atoms with E-state index in [1.807, 2.05) is 13.0 Å². The van der Waals surface area contributed by atoms with Crippen LogP contribution in [-0.2, 0) is 14.8 Å². The molecule has 0 radical (unpaired) electrons. The molecule has 0 aliphatic carbocycles. The van der Waals surface area contributed by atoms with Gasteiger partial charge in [-0.25, -0.2) is 12.8 Å². The van der Waals surface area contributed by atoms with E-state index in [9.17, 15) is 17.6 Å². The lowest BCUT2D eigenvalue weighted by Crippen LogP contribution is -2.35. The molecular weight excluding hydrogens is 399 g/mol. The Morgan fingerprint density at radius 2 is 1.92 bits per heavy atom. The maximum Gasteiger partial charge on any atom is 0.246 e. The van der Waals surface area contributed by atoms with Gasteiger partial charge in [0.1, 0.15) is 10.7 Å². The summed E-state index contributed by atoms with van der Waals surface area (Å²) in [6, 6.07) is 10.4. The maximum atomic E-state index is 13.7. The van der Waals surface area contributed by atoms with Crippen LogP contribution in [0.5, 0.6) is 0 Å². The third kappa shape index (κ3) is 4.19. The van der Waals surface area contributed by atoms with Gasteiger partial charge in [0.15, 0.2) is 0 Å². The van der Waals surface area contributed by atoms with Gasteiger partial charge < -0.3 is 5.32 Å². The molecule has 128 valence electrons. The van der Waals surface area contributed by atoms with E-state index in [1.54, 1.807) is 12.1 Å². The lowest BCUT2D eigenvalue weighted by atomic mass is 10.2. The van der Waals surface area contributed by atoms with E-state index in [2.05, 4.69) is 21.2 Å². The van der Waals surface area contributed by atoms with Crippen molar-refractivity contribution in [1.29, 1.82) is 0 Å². The minimum atomic E-state index is -4.08. The highest BCUT2D eigenvalue weighted by molar-refractivity contribution is 9.10. The van der Waals surface area contributed by atoms with Crippen molar-refractivity contribution in [2.45, 2.75) is 11.8 Å². The summed E-state index contributed by atoms with van der Waals surface area (Å²) in [5.41, 5.74) is 1.41. The Hall–Kier alpha value is -1.77. The molecule has 2 aromatic carbocycles. The Labute approximate surface area is 148 Å². The second-order valence-corrected chi connectivity index (χ2v) is 8.13. The molecule has 0 aromatic heterocycles. The van der Waals surface area contributed by atoms with Gasteiger partial charge >= 0.3 is 0 Å². The maximum absolute atomic E-state index is 13.7. The van der Waals surface area contributed by atoms with E-state index in [4.69, 9.17) is 0 Å². The van der Waals surface area contributed by atoms with Crippen LogP contribution in [0, 0.1) is 12.7 Å². The monoisotopic (exact) mass is 414 g/mol. The quantitative estimate of drug-likeness (QED) is 0.816. The van der Waals surface area contributed by atoms with Gasteiger partial charge in [-0.3, -0.25) is 4.79 Å². The van der Waals surface area contributed by atoms with Crippen LogP contribution in [0.15, 0.2) is 51.8 Å². The fourth-order valence-electron chi connectivity index (χ4n) is 2.07. The summed E-state index contributed by atoms with van der Waals surface area (Å²) in [6.07, 6.45) is 0. The molecule has 2 aromatic rings. The number of sulfonamides is 1. The van der Waals surface area contributed by atoms with Crippen LogP contribution < -0.4 is 5.32 Å². The van der Waals surface area contributed by atoms with Gasteiger partial charge in [0.2, 0.25) is 15.9 Å². The molecule has 0 fully saturated rings. The Balaban J connectivity index is 2.12. The first kappa shape index (κ1) is 18.6. The molecule has 0 aliphatic heterocycles. The van der Waals surface area contributed by atoms with Crippen LogP contribution in [0.4, 0.5) is 10.1 Å². The summed E-state index contributed by atoms with van der Waals surface area (Å²) >= 11 is 3.33. The number of nitrogens with zero attached hydrogens (tertiary/aromatic N) is 1. The van der Waals surface area contributed by atoms with Gasteiger partial charge in [0, 0.05) is 17.2 Å². The van der Waals surface area contributed by atoms with Crippen molar-refractivity contribution >= 4 is 37.5 Å². The van der Waals surface area contributed by atoms with Crippen molar-refractivity contribution in [3.63, 3.8) is 0 Å². The van der Waals surface area contributed by atoms with Gasteiger partial charge in [-0.15, -0.1) is 0 Å². The summed E-state index contributed by atoms with van der Waals surface area (Å²) in [7, 11) is -2.85. The van der Waals surface area contributed by atoms with Crippen LogP contribution in [0.3, 0.4) is 0 Å². The Bertz CT molecular complexity index is 871. The normalized spacial score (nSPS) is 11.5. The number of nitrogens with one attached hydrogen (secondary N) is 1. The number of anilines is 1. The highest BCUT2D eigenvalue weighted by atomic mass is 79.9. The van der Waals surface area contributed by atoms with Gasteiger partial charge in [0.05, 0.1) is 6.54 Å². The first-order valence-electron chi connectivity index (χ1n) is 6.98. The number of likely N-dealkylation sites (N-methyl/N-ethyl adjacent to an activating group) is 1. The number of carbonyl (C=O) groups excluding carboxylic acids is 1. The topological polar surface area (TPSA) is 66.5 Å². The molecule has 0 saturated heterocycles. The lowest BCUT2D eigenvalue weighted by Gasteiger charge is -2.17.